The van der Waals surface area contributed by atoms with E-state index in [4.69, 9.17) is 5.84 Å². The number of hydrogen-bond acceptors (Lipinski definition) is 4. The van der Waals surface area contributed by atoms with E-state index in [-0.39, 0.29) is 0 Å². The second-order valence-electron chi connectivity index (χ2n) is 3.66. The fourth-order valence-corrected chi connectivity index (χ4v) is 1.38. The molecule has 18 heavy (non-hydrogen) atoms. The summed E-state index contributed by atoms with van der Waals surface area (Å²) in [4.78, 5) is 4.29. The molecule has 0 saturated carbocycles. The van der Waals surface area contributed by atoms with E-state index in [1.54, 1.807) is 10.9 Å². The minimum atomic E-state index is 0.399. The number of nitrogens with zero attached hydrogens (tertiary/aromatic N) is 4. The minimum Gasteiger partial charge on any atom is -0.325 e. The van der Waals surface area contributed by atoms with E-state index < -0.39 is 0 Å². The number of nitrogens with one attached hydrogen (secondary N) is 2. The Morgan fingerprint density at radius 2 is 2.17 bits per heavy atom. The summed E-state index contributed by atoms with van der Waals surface area (Å²) in [6.07, 6.45) is 1.63. The lowest BCUT2D eigenvalue weighted by Crippen LogP contribution is -2.36. The van der Waals surface area contributed by atoms with E-state index in [1.165, 1.54) is 0 Å². The van der Waals surface area contributed by atoms with Crippen LogP contribution in [0.15, 0.2) is 41.7 Å². The van der Waals surface area contributed by atoms with Crippen LogP contribution in [0.5, 0.6) is 0 Å². The predicted octanol–water partition coefficient (Wildman–Crippen LogP) is 0.246. The molecule has 4 N–H and O–H groups in total. The molecule has 7 nitrogen and oxygen atoms in total. The summed E-state index contributed by atoms with van der Waals surface area (Å²) in [7, 11) is 1.87. The Labute approximate surface area is 105 Å². The van der Waals surface area contributed by atoms with Crippen molar-refractivity contribution in [3.05, 3.63) is 42.5 Å². The van der Waals surface area contributed by atoms with Crippen LogP contribution in [0.2, 0.25) is 0 Å². The van der Waals surface area contributed by atoms with Gasteiger partial charge in [-0.1, -0.05) is 18.2 Å². The van der Waals surface area contributed by atoms with Crippen LogP contribution in [-0.2, 0) is 13.6 Å². The summed E-state index contributed by atoms with van der Waals surface area (Å²) in [5, 5.41) is 10.8. The van der Waals surface area contributed by atoms with Crippen molar-refractivity contribution < 1.29 is 0 Å². The van der Waals surface area contributed by atoms with Crippen molar-refractivity contribution in [2.45, 2.75) is 6.54 Å². The third-order valence-corrected chi connectivity index (χ3v) is 2.36. The molecule has 0 aliphatic carbocycles. The summed E-state index contributed by atoms with van der Waals surface area (Å²) in [6.45, 7) is 0.399. The normalized spacial score (nSPS) is 11.3. The van der Waals surface area contributed by atoms with Gasteiger partial charge in [-0.15, -0.1) is 10.2 Å². The molecule has 0 aliphatic rings. The smallest absolute Gasteiger partial charge is 0.210 e. The quantitative estimate of drug-likeness (QED) is 0.312. The first-order valence-electron chi connectivity index (χ1n) is 5.45. The number of rotatable bonds is 3. The zero-order valence-electron chi connectivity index (χ0n) is 10.0. The molecule has 0 atom stereocenters. The number of aryl methyl sites for hydroxylation is 1. The first-order valence-corrected chi connectivity index (χ1v) is 5.45. The number of nitrogens with two attached hydrogens (primary N) is 1. The Morgan fingerprint density at radius 1 is 1.39 bits per heavy atom. The van der Waals surface area contributed by atoms with Crippen molar-refractivity contribution in [1.82, 2.24) is 20.2 Å². The van der Waals surface area contributed by atoms with E-state index in [0.717, 1.165) is 11.5 Å². The maximum atomic E-state index is 5.41. The van der Waals surface area contributed by atoms with Gasteiger partial charge in [0.15, 0.2) is 5.82 Å². The molecule has 1 aromatic heterocycles. The van der Waals surface area contributed by atoms with Crippen molar-refractivity contribution >= 4 is 11.6 Å². The Bertz CT molecular complexity index is 517. The minimum absolute atomic E-state index is 0.399. The molecular weight excluding hydrogens is 230 g/mol. The van der Waals surface area contributed by atoms with Gasteiger partial charge in [-0.3, -0.25) is 5.43 Å². The molecule has 2 aromatic rings. The largest absolute Gasteiger partial charge is 0.325 e. The van der Waals surface area contributed by atoms with Crippen LogP contribution in [0.25, 0.3) is 0 Å². The molecule has 7 heteroatoms. The predicted molar refractivity (Wildman–Crippen MR) is 69.5 cm³/mol. The van der Waals surface area contributed by atoms with E-state index in [2.05, 4.69) is 25.9 Å². The van der Waals surface area contributed by atoms with E-state index in [1.807, 2.05) is 37.4 Å². The lowest BCUT2D eigenvalue weighted by Gasteiger charge is -2.08. The average molecular weight is 245 g/mol. The number of aromatic nitrogens is 3. The molecule has 1 aromatic carbocycles. The Kier molecular flexibility index (Phi) is 3.87. The second kappa shape index (κ2) is 5.78. The maximum absolute atomic E-state index is 5.41. The molecule has 94 valence electrons. The third-order valence-electron chi connectivity index (χ3n) is 2.36. The van der Waals surface area contributed by atoms with Gasteiger partial charge in [0.2, 0.25) is 5.96 Å². The monoisotopic (exact) mass is 245 g/mol. The zero-order chi connectivity index (χ0) is 12.8. The third kappa shape index (κ3) is 3.05. The SMILES string of the molecule is Cn1cnnc1CN=C(NN)Nc1ccccc1. The highest BCUT2D eigenvalue weighted by Gasteiger charge is 2.01. The van der Waals surface area contributed by atoms with E-state index in [0.29, 0.717) is 12.5 Å². The number of para-hydroxylation sites is 1. The molecule has 0 aliphatic heterocycles. The molecule has 2 rings (SSSR count). The van der Waals surface area contributed by atoms with Crippen molar-refractivity contribution in [1.29, 1.82) is 0 Å². The number of anilines is 1. The Balaban J connectivity index is 2.03. The van der Waals surface area contributed by atoms with Gasteiger partial charge in [-0.05, 0) is 12.1 Å². The molecular formula is C11H15N7. The van der Waals surface area contributed by atoms with Gasteiger partial charge >= 0.3 is 0 Å². The summed E-state index contributed by atoms with van der Waals surface area (Å²) >= 11 is 0. The zero-order valence-corrected chi connectivity index (χ0v) is 10.0. The lowest BCUT2D eigenvalue weighted by atomic mass is 10.3. The van der Waals surface area contributed by atoms with Crippen molar-refractivity contribution in [2.24, 2.45) is 17.9 Å². The number of hydrogen-bond donors (Lipinski definition) is 3. The Morgan fingerprint density at radius 3 is 2.78 bits per heavy atom. The molecule has 0 unspecified atom stereocenters. The van der Waals surface area contributed by atoms with Gasteiger partial charge in [0.25, 0.3) is 0 Å². The lowest BCUT2D eigenvalue weighted by molar-refractivity contribution is 0.788. The van der Waals surface area contributed by atoms with Gasteiger partial charge in [-0.2, -0.15) is 0 Å². The number of benzene rings is 1. The van der Waals surface area contributed by atoms with Gasteiger partial charge in [0.1, 0.15) is 12.9 Å². The van der Waals surface area contributed by atoms with Crippen LogP contribution in [0, 0.1) is 0 Å². The maximum Gasteiger partial charge on any atom is 0.210 e. The summed E-state index contributed by atoms with van der Waals surface area (Å²) in [5.74, 6) is 6.65. The molecule has 0 radical (unpaired) electrons. The molecule has 1 heterocycles. The van der Waals surface area contributed by atoms with Crippen LogP contribution in [0.4, 0.5) is 5.69 Å². The van der Waals surface area contributed by atoms with Crippen molar-refractivity contribution in [3.8, 4) is 0 Å². The first-order chi connectivity index (χ1) is 8.79. The van der Waals surface area contributed by atoms with E-state index in [9.17, 15) is 0 Å². The highest BCUT2D eigenvalue weighted by atomic mass is 15.3. The Hall–Kier alpha value is -2.41. The number of hydrazine groups is 1. The van der Waals surface area contributed by atoms with Gasteiger partial charge in [0, 0.05) is 12.7 Å². The first kappa shape index (κ1) is 12.1. The second-order valence-corrected chi connectivity index (χ2v) is 3.66. The molecule has 0 fully saturated rings. The molecule has 0 saturated heterocycles. The highest BCUT2D eigenvalue weighted by molar-refractivity contribution is 5.93. The van der Waals surface area contributed by atoms with E-state index >= 15 is 0 Å². The number of guanidine groups is 1. The van der Waals surface area contributed by atoms with Crippen LogP contribution >= 0.6 is 0 Å². The van der Waals surface area contributed by atoms with Gasteiger partial charge < -0.3 is 9.88 Å². The summed E-state index contributed by atoms with van der Waals surface area (Å²) < 4.78 is 1.81. The van der Waals surface area contributed by atoms with Gasteiger partial charge in [-0.25, -0.2) is 10.8 Å². The molecule has 0 bridgehead atoms. The van der Waals surface area contributed by atoms with Gasteiger partial charge in [0.05, 0.1) is 0 Å². The fraction of sp³-hybridized carbons (Fsp3) is 0.182. The standard InChI is InChI=1S/C11H15N7/c1-18-8-14-17-10(18)7-13-11(16-12)15-9-5-3-2-4-6-9/h2-6,8H,7,12H2,1H3,(H2,13,15,16). The summed E-state index contributed by atoms with van der Waals surface area (Å²) in [5.41, 5.74) is 3.42. The average Bonchev–Trinajstić information content (AvgIpc) is 2.81. The van der Waals surface area contributed by atoms with Crippen molar-refractivity contribution in [2.75, 3.05) is 5.32 Å². The number of aliphatic imine (C=N–C) groups is 1. The highest BCUT2D eigenvalue weighted by Crippen LogP contribution is 2.04. The van der Waals surface area contributed by atoms with Crippen LogP contribution in [-0.4, -0.2) is 20.7 Å². The molecule has 0 spiro atoms. The van der Waals surface area contributed by atoms with Crippen LogP contribution in [0.1, 0.15) is 5.82 Å². The van der Waals surface area contributed by atoms with Crippen LogP contribution in [0.3, 0.4) is 0 Å². The molecule has 0 amide bonds. The fourth-order valence-electron chi connectivity index (χ4n) is 1.38. The summed E-state index contributed by atoms with van der Waals surface area (Å²) in [6, 6.07) is 9.65. The van der Waals surface area contributed by atoms with Crippen molar-refractivity contribution in [3.63, 3.8) is 0 Å². The topological polar surface area (TPSA) is 93.2 Å². The van der Waals surface area contributed by atoms with Crippen LogP contribution < -0.4 is 16.6 Å².